The summed E-state index contributed by atoms with van der Waals surface area (Å²) >= 11 is 0. The van der Waals surface area contributed by atoms with Crippen molar-refractivity contribution in [1.29, 1.82) is 21.0 Å². The second-order valence-corrected chi connectivity index (χ2v) is 23.8. The largest absolute Gasteiger partial charge is 0.270 e. The molecule has 0 saturated carbocycles. The smallest absolute Gasteiger partial charge is 0.238 e. The fourth-order valence-electron chi connectivity index (χ4n) is 6.56. The Kier molecular flexibility index (Phi) is 8.60. The first kappa shape index (κ1) is 34.3. The van der Waals surface area contributed by atoms with Crippen LogP contribution in [-0.4, -0.2) is 16.1 Å². The zero-order valence-electron chi connectivity index (χ0n) is 28.2. The maximum atomic E-state index is 10.5. The lowest BCUT2D eigenvalue weighted by Crippen LogP contribution is -2.40. The molecular weight excluding hydrogens is 649 g/mol. The number of benzene rings is 3. The monoisotopic (exact) mass is 674 g/mol. The summed E-state index contributed by atoms with van der Waals surface area (Å²) in [6, 6.07) is 22.6. The first-order valence-corrected chi connectivity index (χ1v) is 22.3. The number of hydrogen-bond acceptors (Lipinski definition) is 4. The van der Waals surface area contributed by atoms with Crippen LogP contribution in [0.15, 0.2) is 59.9 Å². The summed E-state index contributed by atoms with van der Waals surface area (Å²) in [7, 11) is -4.07. The fourth-order valence-corrected chi connectivity index (χ4v) is 9.55. The third-order valence-corrected chi connectivity index (χ3v) is 12.8. The molecule has 0 unspecified atom stereocenters. The van der Waals surface area contributed by atoms with Crippen molar-refractivity contribution in [1.82, 2.24) is 0 Å². The summed E-state index contributed by atoms with van der Waals surface area (Å²) in [5.41, 5.74) is 5.56. The standard InChI is InChI=1S/C40H26N8Si2/c1-45-31-16-28-26(17-35(31)50(8,9)10)30(20-42)36(38(28)32(21-43)46-2)23-11-13-24(14-12-23)37-39(33(22-44)47-3)27-15-25(19-41)34(49(5,6)7)18-29(27)40(37)48-4/h11-18H,5-10H3/b38-32+,39-33-. The van der Waals surface area contributed by atoms with E-state index in [0.717, 1.165) is 10.4 Å². The number of allylic oxidation sites excluding steroid dienone is 7. The van der Waals surface area contributed by atoms with E-state index in [1.165, 1.54) is 0 Å². The van der Waals surface area contributed by atoms with E-state index in [0.29, 0.717) is 55.8 Å². The molecule has 0 atom stereocenters. The predicted octanol–water partition coefficient (Wildman–Crippen LogP) is 8.76. The molecule has 3 aromatic rings. The fraction of sp³-hybridized carbons (Fsp3) is 0.150. The van der Waals surface area contributed by atoms with E-state index >= 15 is 0 Å². The number of rotatable bonds is 4. The van der Waals surface area contributed by atoms with E-state index in [4.69, 9.17) is 26.3 Å². The highest BCUT2D eigenvalue weighted by molar-refractivity contribution is 6.90. The van der Waals surface area contributed by atoms with Crippen LogP contribution in [0.2, 0.25) is 39.3 Å². The molecule has 0 bridgehead atoms. The van der Waals surface area contributed by atoms with Gasteiger partial charge in [0.05, 0.1) is 71.8 Å². The molecule has 234 valence electrons. The van der Waals surface area contributed by atoms with Crippen LogP contribution >= 0.6 is 0 Å². The highest BCUT2D eigenvalue weighted by Crippen LogP contribution is 2.51. The van der Waals surface area contributed by atoms with Crippen LogP contribution in [0.3, 0.4) is 0 Å². The number of nitriles is 4. The van der Waals surface area contributed by atoms with Gasteiger partial charge in [0.1, 0.15) is 6.07 Å². The minimum Gasteiger partial charge on any atom is -0.238 e. The molecule has 10 heteroatoms. The molecule has 0 spiro atoms. The zero-order chi connectivity index (χ0) is 36.7. The molecule has 0 fully saturated rings. The lowest BCUT2D eigenvalue weighted by molar-refractivity contribution is 1.47. The predicted molar refractivity (Wildman–Crippen MR) is 200 cm³/mol. The average molecular weight is 675 g/mol. The summed E-state index contributed by atoms with van der Waals surface area (Å²) in [5, 5.41) is 42.4. The Balaban J connectivity index is 1.80. The van der Waals surface area contributed by atoms with Gasteiger partial charge in [-0.3, -0.25) is 0 Å². The SMILES string of the molecule is [C-]#[N+]C1=C(c2ccc(C3=C(C#N)c4cc([Si](C)(C)C)c([N+]#[C-])cc4/C3=C(/C#N)[N+]#[C-])cc2)/C(=C(/C#N)[N+]#[C-])c2cc(C#N)c([Si](C)(C)C)cc21. The average Bonchev–Trinajstić information content (AvgIpc) is 3.59. The molecular formula is C40H26N8Si2. The van der Waals surface area contributed by atoms with E-state index in [2.05, 4.69) is 70.8 Å². The Hall–Kier alpha value is -7.03. The molecule has 2 aliphatic carbocycles. The molecule has 8 nitrogen and oxygen atoms in total. The van der Waals surface area contributed by atoms with Gasteiger partial charge in [0.2, 0.25) is 5.70 Å². The van der Waals surface area contributed by atoms with Gasteiger partial charge in [-0.25, -0.2) is 29.9 Å². The molecule has 0 radical (unpaired) electrons. The Bertz CT molecular complexity index is 2350. The van der Waals surface area contributed by atoms with Crippen molar-refractivity contribution in [3.05, 3.63) is 145 Å². The maximum Gasteiger partial charge on any atom is 0.270 e. The van der Waals surface area contributed by atoms with Crippen LogP contribution in [0.5, 0.6) is 0 Å². The van der Waals surface area contributed by atoms with E-state index in [1.807, 2.05) is 24.3 Å². The van der Waals surface area contributed by atoms with Gasteiger partial charge in [0.15, 0.2) is 5.69 Å². The van der Waals surface area contributed by atoms with Crippen LogP contribution in [0.1, 0.15) is 38.9 Å². The molecule has 50 heavy (non-hydrogen) atoms. The maximum absolute atomic E-state index is 10.5. The third kappa shape index (κ3) is 5.32. The van der Waals surface area contributed by atoms with Gasteiger partial charge in [0, 0.05) is 5.57 Å². The molecule has 0 amide bonds. The summed E-state index contributed by atoms with van der Waals surface area (Å²) in [4.78, 5) is 14.7. The molecule has 5 rings (SSSR count). The van der Waals surface area contributed by atoms with Gasteiger partial charge in [-0.15, -0.1) is 0 Å². The van der Waals surface area contributed by atoms with Crippen molar-refractivity contribution in [2.75, 3.05) is 0 Å². The second-order valence-electron chi connectivity index (χ2n) is 13.8. The first-order chi connectivity index (χ1) is 23.7. The lowest BCUT2D eigenvalue weighted by Gasteiger charge is -2.20. The molecule has 2 aliphatic rings. The molecule has 0 N–H and O–H groups in total. The molecule has 0 aliphatic heterocycles. The Labute approximate surface area is 294 Å². The minimum atomic E-state index is -2.04. The van der Waals surface area contributed by atoms with Crippen LogP contribution in [0, 0.1) is 71.6 Å². The molecule has 0 heterocycles. The number of hydrogen-bond donors (Lipinski definition) is 0. The van der Waals surface area contributed by atoms with E-state index in [9.17, 15) is 21.0 Å². The van der Waals surface area contributed by atoms with Crippen molar-refractivity contribution < 1.29 is 0 Å². The summed E-state index contributed by atoms with van der Waals surface area (Å²) in [6.07, 6.45) is 0. The van der Waals surface area contributed by atoms with Gasteiger partial charge < -0.3 is 0 Å². The highest BCUT2D eigenvalue weighted by atomic mass is 28.3. The quantitative estimate of drug-likeness (QED) is 0.156. The summed E-state index contributed by atoms with van der Waals surface area (Å²) in [5.74, 6) is 0. The van der Waals surface area contributed by atoms with Gasteiger partial charge >= 0.3 is 0 Å². The van der Waals surface area contributed by atoms with Crippen molar-refractivity contribution in [2.45, 2.75) is 39.3 Å². The lowest BCUT2D eigenvalue weighted by atomic mass is 9.91. The van der Waals surface area contributed by atoms with Gasteiger partial charge in [-0.05, 0) is 67.4 Å². The van der Waals surface area contributed by atoms with Gasteiger partial charge in [0.25, 0.3) is 11.4 Å². The molecule has 0 saturated heterocycles. The third-order valence-electron chi connectivity index (χ3n) is 8.80. The summed E-state index contributed by atoms with van der Waals surface area (Å²) in [6.45, 7) is 44.3. The summed E-state index contributed by atoms with van der Waals surface area (Å²) < 4.78 is 0. The van der Waals surface area contributed by atoms with Crippen molar-refractivity contribution in [2.24, 2.45) is 0 Å². The van der Waals surface area contributed by atoms with Crippen LogP contribution < -0.4 is 10.4 Å². The first-order valence-electron chi connectivity index (χ1n) is 15.3. The van der Waals surface area contributed by atoms with E-state index in [1.54, 1.807) is 36.4 Å². The molecule has 0 aromatic heterocycles. The van der Waals surface area contributed by atoms with E-state index < -0.39 is 16.1 Å². The Morgan fingerprint density at radius 3 is 1.52 bits per heavy atom. The number of nitrogens with zero attached hydrogens (tertiary/aromatic N) is 8. The van der Waals surface area contributed by atoms with Crippen LogP contribution in [-0.2, 0) is 0 Å². The van der Waals surface area contributed by atoms with Gasteiger partial charge in [-0.2, -0.15) is 10.5 Å². The van der Waals surface area contributed by atoms with Gasteiger partial charge in [-0.1, -0.05) is 80.9 Å². The Morgan fingerprint density at radius 1 is 0.580 bits per heavy atom. The van der Waals surface area contributed by atoms with Crippen molar-refractivity contribution in [3.63, 3.8) is 0 Å². The van der Waals surface area contributed by atoms with Crippen molar-refractivity contribution >= 4 is 65.8 Å². The van der Waals surface area contributed by atoms with Crippen LogP contribution in [0.4, 0.5) is 5.69 Å². The second kappa shape index (κ2) is 12.5. The Morgan fingerprint density at radius 2 is 1.08 bits per heavy atom. The number of fused-ring (bicyclic) bond motifs is 2. The minimum absolute atomic E-state index is 0.205. The molecule has 3 aromatic carbocycles. The normalized spacial score (nSPS) is 15.2. The zero-order valence-corrected chi connectivity index (χ0v) is 30.2. The van der Waals surface area contributed by atoms with E-state index in [-0.39, 0.29) is 33.8 Å². The topological polar surface area (TPSA) is 113 Å². The van der Waals surface area contributed by atoms with Crippen molar-refractivity contribution in [3.8, 4) is 24.3 Å². The highest BCUT2D eigenvalue weighted by Gasteiger charge is 2.36. The van der Waals surface area contributed by atoms with Crippen LogP contribution in [0.25, 0.3) is 52.9 Å².